The zero-order valence-electron chi connectivity index (χ0n) is 17.0. The first kappa shape index (κ1) is 23.4. The van der Waals surface area contributed by atoms with Crippen LogP contribution in [0, 0.1) is 0 Å². The van der Waals surface area contributed by atoms with Crippen LogP contribution in [-0.4, -0.2) is 63.8 Å². The number of halogens is 3. The van der Waals surface area contributed by atoms with Crippen LogP contribution in [0.1, 0.15) is 11.9 Å². The predicted molar refractivity (Wildman–Crippen MR) is 110 cm³/mol. The summed E-state index contributed by atoms with van der Waals surface area (Å²) in [5.74, 6) is 0. The van der Waals surface area contributed by atoms with Crippen LogP contribution >= 0.6 is 0 Å². The van der Waals surface area contributed by atoms with E-state index in [1.165, 1.54) is 19.2 Å². The number of nitrogens with two attached hydrogens (primary N) is 2. The molecule has 0 saturated carbocycles. The first-order valence-electron chi connectivity index (χ1n) is 9.33. The van der Waals surface area contributed by atoms with Gasteiger partial charge in [-0.05, 0) is 24.3 Å². The highest BCUT2D eigenvalue weighted by molar-refractivity contribution is 7.90. The number of fused-ring (bicyclic) bond motifs is 1. The summed E-state index contributed by atoms with van der Waals surface area (Å²) in [7, 11) is -1.96. The maximum Gasteiger partial charge on any atom is 0.401 e. The Balaban J connectivity index is 2.08. The van der Waals surface area contributed by atoms with Gasteiger partial charge in [0.15, 0.2) is 9.84 Å². The second kappa shape index (κ2) is 8.71. The summed E-state index contributed by atoms with van der Waals surface area (Å²) in [6.45, 7) is -0.843. The monoisotopic (exact) mass is 459 g/mol. The van der Waals surface area contributed by atoms with Crippen LogP contribution in [0.2, 0.25) is 0 Å². The SMILES string of the molecule is COCCN1c2ccc(-c3cccc(S(C)(=O)=O)c3)nc2C(N)N(CC(F)(F)F)C1N. The molecule has 0 bridgehead atoms. The van der Waals surface area contributed by atoms with E-state index in [1.54, 1.807) is 29.2 Å². The molecule has 0 aliphatic carbocycles. The Morgan fingerprint density at radius 3 is 2.52 bits per heavy atom. The third-order valence-electron chi connectivity index (χ3n) is 4.96. The molecule has 0 fully saturated rings. The lowest BCUT2D eigenvalue weighted by molar-refractivity contribution is -0.158. The molecule has 2 aromatic rings. The maximum absolute atomic E-state index is 13.2. The van der Waals surface area contributed by atoms with Gasteiger partial charge in [0.2, 0.25) is 0 Å². The topological polar surface area (TPSA) is 115 Å². The third kappa shape index (κ3) is 5.15. The second-order valence-corrected chi connectivity index (χ2v) is 9.25. The Morgan fingerprint density at radius 2 is 1.90 bits per heavy atom. The summed E-state index contributed by atoms with van der Waals surface area (Å²) in [6.07, 6.45) is -5.75. The van der Waals surface area contributed by atoms with Crippen molar-refractivity contribution in [3.63, 3.8) is 0 Å². The van der Waals surface area contributed by atoms with Gasteiger partial charge in [-0.15, -0.1) is 0 Å². The van der Waals surface area contributed by atoms with E-state index in [0.29, 0.717) is 16.9 Å². The fourth-order valence-electron chi connectivity index (χ4n) is 3.46. The van der Waals surface area contributed by atoms with Crippen LogP contribution in [-0.2, 0) is 14.6 Å². The number of methoxy groups -OCH3 is 1. The molecule has 1 aliphatic rings. The van der Waals surface area contributed by atoms with E-state index in [1.807, 2.05) is 0 Å². The number of hydrogen-bond acceptors (Lipinski definition) is 8. The lowest BCUT2D eigenvalue weighted by Gasteiger charge is -2.46. The molecule has 0 amide bonds. The quantitative estimate of drug-likeness (QED) is 0.671. The number of ether oxygens (including phenoxy) is 1. The van der Waals surface area contributed by atoms with Crippen LogP contribution in [0.25, 0.3) is 11.3 Å². The van der Waals surface area contributed by atoms with Crippen molar-refractivity contribution in [2.24, 2.45) is 11.5 Å². The fourth-order valence-corrected chi connectivity index (χ4v) is 4.13. The minimum absolute atomic E-state index is 0.108. The number of anilines is 1. The average Bonchev–Trinajstić information content (AvgIpc) is 2.69. The minimum atomic E-state index is -4.51. The average molecular weight is 459 g/mol. The third-order valence-corrected chi connectivity index (χ3v) is 6.07. The standard InChI is InChI=1S/C19H24F3N5O3S/c1-30-9-8-26-15-7-6-14(12-4-3-5-13(10-12)31(2,28)29)25-16(15)17(23)27(18(26)24)11-19(20,21)22/h3-7,10,17-18H,8-9,11,23-24H2,1-2H3. The molecule has 2 atom stereocenters. The number of benzene rings is 1. The highest BCUT2D eigenvalue weighted by atomic mass is 32.2. The summed E-state index contributed by atoms with van der Waals surface area (Å²) in [5, 5.41) is 0. The number of nitrogens with zero attached hydrogens (tertiary/aromatic N) is 3. The lowest BCUT2D eigenvalue weighted by atomic mass is 10.1. The molecule has 31 heavy (non-hydrogen) atoms. The van der Waals surface area contributed by atoms with Gasteiger partial charge in [-0.1, -0.05) is 12.1 Å². The van der Waals surface area contributed by atoms with Gasteiger partial charge in [-0.2, -0.15) is 13.2 Å². The molecule has 1 aliphatic heterocycles. The predicted octanol–water partition coefficient (Wildman–Crippen LogP) is 1.68. The van der Waals surface area contributed by atoms with Gasteiger partial charge in [0.25, 0.3) is 0 Å². The first-order valence-corrected chi connectivity index (χ1v) is 11.2. The molecule has 0 radical (unpaired) electrons. The van der Waals surface area contributed by atoms with Crippen molar-refractivity contribution < 1.29 is 26.3 Å². The lowest BCUT2D eigenvalue weighted by Crippen LogP contribution is -2.63. The van der Waals surface area contributed by atoms with Gasteiger partial charge >= 0.3 is 6.18 Å². The summed E-state index contributed by atoms with van der Waals surface area (Å²) in [6, 6.07) is 9.48. The summed E-state index contributed by atoms with van der Waals surface area (Å²) in [5.41, 5.74) is 13.9. The van der Waals surface area contributed by atoms with Crippen LogP contribution in [0.4, 0.5) is 18.9 Å². The van der Waals surface area contributed by atoms with Gasteiger partial charge < -0.3 is 15.4 Å². The van der Waals surface area contributed by atoms with Crippen molar-refractivity contribution in [1.82, 2.24) is 9.88 Å². The Morgan fingerprint density at radius 1 is 1.19 bits per heavy atom. The van der Waals surface area contributed by atoms with E-state index in [9.17, 15) is 21.6 Å². The molecular formula is C19H24F3N5O3S. The van der Waals surface area contributed by atoms with Gasteiger partial charge in [0, 0.05) is 25.5 Å². The van der Waals surface area contributed by atoms with Gasteiger partial charge in [-0.3, -0.25) is 5.73 Å². The molecule has 8 nitrogen and oxygen atoms in total. The van der Waals surface area contributed by atoms with Crippen molar-refractivity contribution >= 4 is 15.5 Å². The molecule has 170 valence electrons. The van der Waals surface area contributed by atoms with E-state index in [4.69, 9.17) is 16.2 Å². The van der Waals surface area contributed by atoms with Crippen LogP contribution in [0.15, 0.2) is 41.3 Å². The molecule has 2 heterocycles. The smallest absolute Gasteiger partial charge is 0.383 e. The van der Waals surface area contributed by atoms with Crippen LogP contribution < -0.4 is 16.4 Å². The number of pyridine rings is 1. The molecular weight excluding hydrogens is 435 g/mol. The van der Waals surface area contributed by atoms with Crippen molar-refractivity contribution in [3.8, 4) is 11.3 Å². The number of rotatable bonds is 6. The summed E-state index contributed by atoms with van der Waals surface area (Å²) in [4.78, 5) is 7.07. The Labute approximate surface area is 178 Å². The summed E-state index contributed by atoms with van der Waals surface area (Å²) < 4.78 is 68.3. The molecule has 3 rings (SSSR count). The number of hydrogen-bond donors (Lipinski definition) is 2. The van der Waals surface area contributed by atoms with E-state index in [2.05, 4.69) is 4.98 Å². The van der Waals surface area contributed by atoms with Gasteiger partial charge in [-0.25, -0.2) is 18.3 Å². The molecule has 0 saturated heterocycles. The number of alkyl halides is 3. The van der Waals surface area contributed by atoms with Crippen LogP contribution in [0.3, 0.4) is 0 Å². The minimum Gasteiger partial charge on any atom is -0.383 e. The highest BCUT2D eigenvalue weighted by Crippen LogP contribution is 2.37. The first-order chi connectivity index (χ1) is 14.4. The number of sulfone groups is 1. The Bertz CT molecular complexity index is 1050. The molecule has 2 unspecified atom stereocenters. The Hall–Kier alpha value is -2.25. The largest absolute Gasteiger partial charge is 0.401 e. The molecule has 0 spiro atoms. The second-order valence-electron chi connectivity index (χ2n) is 7.23. The van der Waals surface area contributed by atoms with Crippen molar-refractivity contribution in [2.45, 2.75) is 23.5 Å². The van der Waals surface area contributed by atoms with Crippen molar-refractivity contribution in [2.75, 3.05) is 38.0 Å². The van der Waals surface area contributed by atoms with Crippen molar-refractivity contribution in [1.29, 1.82) is 0 Å². The Kier molecular flexibility index (Phi) is 6.58. The molecule has 1 aromatic heterocycles. The molecule has 12 heteroatoms. The maximum atomic E-state index is 13.2. The number of aromatic nitrogens is 1. The van der Waals surface area contributed by atoms with E-state index < -0.39 is 35.0 Å². The van der Waals surface area contributed by atoms with E-state index in [-0.39, 0.29) is 23.7 Å². The van der Waals surface area contributed by atoms with Crippen LogP contribution in [0.5, 0.6) is 0 Å². The van der Waals surface area contributed by atoms with E-state index >= 15 is 0 Å². The van der Waals surface area contributed by atoms with E-state index in [0.717, 1.165) is 11.2 Å². The normalized spacial score (nSPS) is 20.0. The fraction of sp³-hybridized carbons (Fsp3) is 0.421. The molecule has 4 N–H and O–H groups in total. The zero-order valence-corrected chi connectivity index (χ0v) is 17.8. The zero-order chi connectivity index (χ0) is 23.0. The molecule has 1 aromatic carbocycles. The van der Waals surface area contributed by atoms with Crippen molar-refractivity contribution in [3.05, 3.63) is 42.1 Å². The highest BCUT2D eigenvalue weighted by Gasteiger charge is 2.42. The van der Waals surface area contributed by atoms with Gasteiger partial charge in [0.1, 0.15) is 12.5 Å². The van der Waals surface area contributed by atoms with Gasteiger partial charge in [0.05, 0.1) is 35.1 Å². The summed E-state index contributed by atoms with van der Waals surface area (Å²) >= 11 is 0.